The number of para-hydroxylation sites is 1. The molecule has 1 heterocycles. The lowest BCUT2D eigenvalue weighted by molar-refractivity contribution is -0.132. The number of carbonyl (C=O) groups is 1. The van der Waals surface area contributed by atoms with E-state index in [-0.39, 0.29) is 5.71 Å². The van der Waals surface area contributed by atoms with Crippen molar-refractivity contribution in [1.82, 2.24) is 4.57 Å². The molecule has 52 heavy (non-hydrogen) atoms. The zero-order chi connectivity index (χ0) is 37.2. The van der Waals surface area contributed by atoms with E-state index >= 15 is 0 Å². The van der Waals surface area contributed by atoms with Crippen LogP contribution in [0.5, 0.6) is 0 Å². The monoisotopic (exact) mass is 814 g/mol. The van der Waals surface area contributed by atoms with Crippen LogP contribution in [0.3, 0.4) is 0 Å². The topological polar surface area (TPSA) is 52.8 Å². The normalized spacial score (nSPS) is 11.9. The molecule has 2 aromatic carbocycles. The Morgan fingerprint density at radius 1 is 0.692 bits per heavy atom. The highest BCUT2D eigenvalue weighted by molar-refractivity contribution is 9.10. The number of rotatable bonds is 30. The fourth-order valence-corrected chi connectivity index (χ4v) is 10.9. The molecular formula is C44H67BrN2O3S2. The number of hydrogen-bond donors (Lipinski definition) is 0. The Morgan fingerprint density at radius 3 is 1.69 bits per heavy atom. The minimum absolute atomic E-state index is 0.172. The molecule has 0 aliphatic rings. The van der Waals surface area contributed by atoms with Crippen LogP contribution < -0.4 is 0 Å². The highest BCUT2D eigenvalue weighted by Crippen LogP contribution is 2.48. The summed E-state index contributed by atoms with van der Waals surface area (Å²) in [6.45, 7) is 5.16. The molecule has 0 unspecified atom stereocenters. The van der Waals surface area contributed by atoms with E-state index in [0.29, 0.717) is 16.7 Å². The summed E-state index contributed by atoms with van der Waals surface area (Å²) in [6, 6.07) is 16.7. The number of benzene rings is 2. The molecule has 0 N–H and O–H groups in total. The lowest BCUT2D eigenvalue weighted by Crippen LogP contribution is -2.20. The van der Waals surface area contributed by atoms with Gasteiger partial charge in [0.25, 0.3) is 0 Å². The second kappa shape index (κ2) is 27.6. The molecule has 0 spiro atoms. The van der Waals surface area contributed by atoms with Crippen LogP contribution in [-0.2, 0) is 20.9 Å². The zero-order valence-corrected chi connectivity index (χ0v) is 36.0. The van der Waals surface area contributed by atoms with E-state index in [1.807, 2.05) is 18.2 Å². The summed E-state index contributed by atoms with van der Waals surface area (Å²) in [5.74, 6) is 1.84. The first-order chi connectivity index (χ1) is 25.6. The number of carbonyl (C=O) groups excluding carboxylic acids is 1. The van der Waals surface area contributed by atoms with E-state index < -0.39 is 5.97 Å². The van der Waals surface area contributed by atoms with Crippen LogP contribution in [0.1, 0.15) is 164 Å². The molecule has 0 saturated heterocycles. The molecule has 0 amide bonds. The molecule has 0 atom stereocenters. The predicted octanol–water partition coefficient (Wildman–Crippen LogP) is 14.3. The molecule has 3 rings (SSSR count). The number of methoxy groups -OCH3 is 1. The van der Waals surface area contributed by atoms with Gasteiger partial charge in [-0.25, -0.2) is 4.79 Å². The molecule has 0 fully saturated rings. The van der Waals surface area contributed by atoms with Gasteiger partial charge in [-0.1, -0.05) is 177 Å². The van der Waals surface area contributed by atoms with Crippen LogP contribution >= 0.6 is 39.5 Å². The average molecular weight is 816 g/mol. The molecule has 0 bridgehead atoms. The molecular weight excluding hydrogens is 749 g/mol. The van der Waals surface area contributed by atoms with E-state index in [2.05, 4.69) is 93.4 Å². The van der Waals surface area contributed by atoms with Crippen molar-refractivity contribution < 1.29 is 14.4 Å². The van der Waals surface area contributed by atoms with Crippen LogP contribution in [0.25, 0.3) is 10.9 Å². The number of fused-ring (bicyclic) bond motifs is 1. The lowest BCUT2D eigenvalue weighted by Gasteiger charge is -2.18. The van der Waals surface area contributed by atoms with Gasteiger partial charge < -0.3 is 14.1 Å². The highest BCUT2D eigenvalue weighted by Gasteiger charge is 2.25. The Labute approximate surface area is 333 Å². The van der Waals surface area contributed by atoms with Gasteiger partial charge in [0.1, 0.15) is 7.11 Å². The van der Waals surface area contributed by atoms with Gasteiger partial charge in [0, 0.05) is 28.6 Å². The highest BCUT2D eigenvalue weighted by atomic mass is 79.9. The van der Waals surface area contributed by atoms with Crippen molar-refractivity contribution in [3.8, 4) is 0 Å². The van der Waals surface area contributed by atoms with Gasteiger partial charge in [0.2, 0.25) is 0 Å². The third kappa shape index (κ3) is 15.5. The Hall–Kier alpha value is -1.90. The first kappa shape index (κ1) is 44.5. The average Bonchev–Trinajstić information content (AvgIpc) is 3.44. The lowest BCUT2D eigenvalue weighted by atomic mass is 10.0. The smallest absolute Gasteiger partial charge is 0.360 e. The minimum atomic E-state index is -0.516. The summed E-state index contributed by atoms with van der Waals surface area (Å²) in [5, 5.41) is 5.35. The zero-order valence-electron chi connectivity index (χ0n) is 32.8. The van der Waals surface area contributed by atoms with Crippen molar-refractivity contribution in [2.75, 3.05) is 25.7 Å². The van der Waals surface area contributed by atoms with Crippen molar-refractivity contribution in [1.29, 1.82) is 0 Å². The maximum absolute atomic E-state index is 12.7. The number of esters is 1. The summed E-state index contributed by atoms with van der Waals surface area (Å²) in [5.41, 5.74) is 4.42. The van der Waals surface area contributed by atoms with Crippen LogP contribution in [-0.4, -0.2) is 42.0 Å². The second-order valence-corrected chi connectivity index (χ2v) is 17.5. The number of nitrogens with zero attached hydrogens (tertiary/aromatic N) is 2. The molecule has 0 radical (unpaired) electrons. The fourth-order valence-electron chi connectivity index (χ4n) is 6.90. The van der Waals surface area contributed by atoms with Crippen molar-refractivity contribution in [3.05, 3.63) is 69.8 Å². The first-order valence-electron chi connectivity index (χ1n) is 20.3. The van der Waals surface area contributed by atoms with E-state index in [1.54, 1.807) is 0 Å². The summed E-state index contributed by atoms with van der Waals surface area (Å²) in [7, 11) is 2.83. The van der Waals surface area contributed by atoms with Crippen molar-refractivity contribution >= 4 is 62.0 Å². The molecule has 0 aliphatic carbocycles. The molecule has 290 valence electrons. The van der Waals surface area contributed by atoms with Crippen LogP contribution in [0, 0.1) is 0 Å². The van der Waals surface area contributed by atoms with Gasteiger partial charge >= 0.3 is 5.97 Å². The van der Waals surface area contributed by atoms with Gasteiger partial charge in [-0.2, -0.15) is 0 Å². The quantitative estimate of drug-likeness (QED) is 0.0221. The Balaban J connectivity index is 1.73. The number of ether oxygens (including phenoxy) is 1. The Morgan fingerprint density at radius 2 is 1.17 bits per heavy atom. The summed E-state index contributed by atoms with van der Waals surface area (Å²) in [4.78, 5) is 17.8. The number of hydrogen-bond acceptors (Lipinski definition) is 6. The first-order valence-corrected chi connectivity index (χ1v) is 23.2. The molecule has 3 aromatic rings. The van der Waals surface area contributed by atoms with E-state index in [9.17, 15) is 4.79 Å². The summed E-state index contributed by atoms with van der Waals surface area (Å²) in [6.07, 6.45) is 27.3. The number of unbranched alkanes of at least 4 members (excludes halogenated alkanes) is 18. The molecule has 1 aromatic heterocycles. The number of thioether (sulfide) groups is 2. The third-order valence-electron chi connectivity index (χ3n) is 9.88. The van der Waals surface area contributed by atoms with E-state index in [1.165, 1.54) is 171 Å². The van der Waals surface area contributed by atoms with Crippen molar-refractivity contribution in [2.45, 2.75) is 153 Å². The number of oxime groups is 1. The minimum Gasteiger partial charge on any atom is -0.464 e. The largest absolute Gasteiger partial charge is 0.464 e. The van der Waals surface area contributed by atoms with Gasteiger partial charge in [-0.15, -0.1) is 23.5 Å². The second-order valence-electron chi connectivity index (χ2n) is 14.0. The van der Waals surface area contributed by atoms with Crippen molar-refractivity contribution in [2.24, 2.45) is 5.16 Å². The SMILES string of the molecule is CCCCCCCCCCCCSC(SCCCCCCCCCCCC)c1c(Br)n(Cc2ccccc2/C(=N\OC)C(=O)OC)c2ccccc12. The maximum Gasteiger partial charge on any atom is 0.360 e. The van der Waals surface area contributed by atoms with Crippen LogP contribution in [0.15, 0.2) is 58.3 Å². The molecule has 8 heteroatoms. The Kier molecular flexibility index (Phi) is 23.7. The van der Waals surface area contributed by atoms with Gasteiger partial charge in [0.15, 0.2) is 5.71 Å². The third-order valence-corrected chi connectivity index (χ3v) is 13.7. The standard InChI is InChI=1S/C44H67BrN2O3S2/c1-5-7-9-11-13-15-17-19-21-27-33-51-44(52-34-28-22-20-18-16-14-12-10-8-6-2)40-38-31-25-26-32-39(38)47(42(40)45)35-36-29-23-24-30-37(36)41(46-50-4)43(48)49-3/h23-26,29-32,44H,5-22,27-28,33-35H2,1-4H3/b46-41+. The maximum atomic E-state index is 12.7. The van der Waals surface area contributed by atoms with Crippen molar-refractivity contribution in [3.63, 3.8) is 0 Å². The Bertz CT molecular complexity index is 1420. The predicted molar refractivity (Wildman–Crippen MR) is 232 cm³/mol. The summed E-state index contributed by atoms with van der Waals surface area (Å²) >= 11 is 8.38. The van der Waals surface area contributed by atoms with Gasteiger partial charge in [-0.05, 0) is 51.9 Å². The van der Waals surface area contributed by atoms with Crippen LogP contribution in [0.2, 0.25) is 0 Å². The van der Waals surface area contributed by atoms with E-state index in [4.69, 9.17) is 9.57 Å². The fraction of sp³-hybridized carbons (Fsp3) is 0.636. The van der Waals surface area contributed by atoms with Crippen LogP contribution in [0.4, 0.5) is 0 Å². The van der Waals surface area contributed by atoms with Gasteiger partial charge in [-0.3, -0.25) is 0 Å². The number of halogens is 1. The molecule has 5 nitrogen and oxygen atoms in total. The number of aromatic nitrogens is 1. The van der Waals surface area contributed by atoms with E-state index in [0.717, 1.165) is 10.2 Å². The molecule has 0 aliphatic heterocycles. The molecule has 0 saturated carbocycles. The summed E-state index contributed by atoms with van der Waals surface area (Å²) < 4.78 is 8.87. The van der Waals surface area contributed by atoms with Gasteiger partial charge in [0.05, 0.1) is 16.3 Å².